The Balaban J connectivity index is 2.03. The van der Waals surface area contributed by atoms with E-state index in [1.807, 2.05) is 0 Å². The molecule has 98 valence electrons. The number of benzene rings is 1. The number of anilines is 1. The summed E-state index contributed by atoms with van der Waals surface area (Å²) in [5.41, 5.74) is 2.81. The first-order valence-corrected chi connectivity index (χ1v) is 5.47. The van der Waals surface area contributed by atoms with Gasteiger partial charge in [-0.1, -0.05) is 0 Å². The number of carbonyl (C=O) groups excluding carboxylic acids is 2. The molecule has 0 spiro atoms. The number of nitrogens with one attached hydrogen (secondary N) is 2. The van der Waals surface area contributed by atoms with Crippen LogP contribution in [0, 0.1) is 10.1 Å². The van der Waals surface area contributed by atoms with E-state index >= 15 is 0 Å². The molecule has 0 atom stereocenters. The number of nitro benzene ring substituents is 1. The van der Waals surface area contributed by atoms with Crippen molar-refractivity contribution < 1.29 is 14.5 Å². The molecule has 0 bridgehead atoms. The van der Waals surface area contributed by atoms with Crippen molar-refractivity contribution in [3.8, 4) is 0 Å². The Morgan fingerprint density at radius 1 is 1.32 bits per heavy atom. The third kappa shape index (κ3) is 3.12. The summed E-state index contributed by atoms with van der Waals surface area (Å²) in [6, 6.07) is 5.44. The predicted octanol–water partition coefficient (Wildman–Crippen LogP) is 0.799. The van der Waals surface area contributed by atoms with Crippen molar-refractivity contribution in [2.24, 2.45) is 5.10 Å². The van der Waals surface area contributed by atoms with Crippen molar-refractivity contribution in [2.45, 2.75) is 12.8 Å². The van der Waals surface area contributed by atoms with Crippen LogP contribution in [0.3, 0.4) is 0 Å². The van der Waals surface area contributed by atoms with E-state index in [4.69, 9.17) is 0 Å². The molecule has 0 aromatic heterocycles. The third-order valence-corrected chi connectivity index (χ3v) is 2.50. The molecule has 0 fully saturated rings. The van der Waals surface area contributed by atoms with Gasteiger partial charge in [0.15, 0.2) is 0 Å². The quantitative estimate of drug-likeness (QED) is 0.619. The molecule has 1 aliphatic heterocycles. The van der Waals surface area contributed by atoms with Gasteiger partial charge in [-0.2, -0.15) is 5.10 Å². The normalized spacial score (nSPS) is 14.3. The largest absolute Gasteiger partial charge is 0.321 e. The van der Waals surface area contributed by atoms with E-state index < -0.39 is 10.8 Å². The molecule has 1 heterocycles. The number of carbonyl (C=O) groups is 2. The van der Waals surface area contributed by atoms with Crippen LogP contribution in [0.1, 0.15) is 12.8 Å². The average molecular weight is 262 g/mol. The van der Waals surface area contributed by atoms with Crippen LogP contribution in [-0.4, -0.2) is 22.4 Å². The van der Waals surface area contributed by atoms with Crippen LogP contribution in [0.15, 0.2) is 29.4 Å². The lowest BCUT2D eigenvalue weighted by atomic mass is 10.1. The number of hydrazone groups is 1. The van der Waals surface area contributed by atoms with Gasteiger partial charge in [-0.15, -0.1) is 0 Å². The monoisotopic (exact) mass is 262 g/mol. The number of hydrogen-bond donors (Lipinski definition) is 2. The van der Waals surface area contributed by atoms with Crippen LogP contribution < -0.4 is 10.7 Å². The zero-order valence-electron chi connectivity index (χ0n) is 9.75. The Kier molecular flexibility index (Phi) is 3.51. The molecule has 0 unspecified atom stereocenters. The summed E-state index contributed by atoms with van der Waals surface area (Å²) in [6.45, 7) is 0. The molecule has 0 radical (unpaired) electrons. The van der Waals surface area contributed by atoms with Crippen molar-refractivity contribution in [1.82, 2.24) is 5.43 Å². The van der Waals surface area contributed by atoms with Gasteiger partial charge >= 0.3 is 0 Å². The minimum atomic E-state index is -0.521. The van der Waals surface area contributed by atoms with Gasteiger partial charge in [-0.25, -0.2) is 5.43 Å². The van der Waals surface area contributed by atoms with E-state index in [0.29, 0.717) is 5.69 Å². The fourth-order valence-corrected chi connectivity index (χ4v) is 1.51. The second-order valence-corrected chi connectivity index (χ2v) is 3.85. The minimum Gasteiger partial charge on any atom is -0.321 e. The topological polar surface area (TPSA) is 114 Å². The van der Waals surface area contributed by atoms with E-state index in [-0.39, 0.29) is 30.1 Å². The van der Waals surface area contributed by atoms with Gasteiger partial charge < -0.3 is 5.32 Å². The third-order valence-electron chi connectivity index (χ3n) is 2.50. The molecule has 2 rings (SSSR count). The van der Waals surface area contributed by atoms with Crippen molar-refractivity contribution >= 4 is 28.9 Å². The summed E-state index contributed by atoms with van der Waals surface area (Å²) in [5, 5.41) is 16.7. The van der Waals surface area contributed by atoms with Gasteiger partial charge in [-0.3, -0.25) is 19.7 Å². The molecular formula is C11H10N4O4. The molecule has 0 saturated carbocycles. The summed E-state index contributed by atoms with van der Waals surface area (Å²) in [4.78, 5) is 32.6. The number of nitro groups is 1. The summed E-state index contributed by atoms with van der Waals surface area (Å²) in [5.74, 6) is -0.666. The minimum absolute atomic E-state index is 0.0553. The molecular weight excluding hydrogens is 252 g/mol. The van der Waals surface area contributed by atoms with E-state index in [9.17, 15) is 19.7 Å². The zero-order valence-corrected chi connectivity index (χ0v) is 9.75. The average Bonchev–Trinajstić information content (AvgIpc) is 2.40. The van der Waals surface area contributed by atoms with E-state index in [0.717, 1.165) is 0 Å². The lowest BCUT2D eigenvalue weighted by Crippen LogP contribution is -2.32. The standard InChI is InChI=1S/C11H10N4O4/c16-10-6-5-9(13-14-10)11(17)12-7-1-3-8(4-2-7)15(18)19/h1-4H,5-6H2,(H,12,17)(H,14,16). The maximum Gasteiger partial charge on any atom is 0.271 e. The van der Waals surface area contributed by atoms with Gasteiger partial charge in [0.2, 0.25) is 5.91 Å². The number of nitrogens with zero attached hydrogens (tertiary/aromatic N) is 2. The van der Waals surface area contributed by atoms with Crippen LogP contribution in [-0.2, 0) is 9.59 Å². The van der Waals surface area contributed by atoms with Crippen LogP contribution in [0.5, 0.6) is 0 Å². The molecule has 2 amide bonds. The zero-order chi connectivity index (χ0) is 13.8. The number of hydrogen-bond acceptors (Lipinski definition) is 5. The van der Waals surface area contributed by atoms with E-state index in [1.165, 1.54) is 24.3 Å². The fourth-order valence-electron chi connectivity index (χ4n) is 1.51. The van der Waals surface area contributed by atoms with Crippen LogP contribution in [0.4, 0.5) is 11.4 Å². The molecule has 19 heavy (non-hydrogen) atoms. The highest BCUT2D eigenvalue weighted by molar-refractivity contribution is 6.43. The number of amides is 2. The Bertz CT molecular complexity index is 565. The summed E-state index contributed by atoms with van der Waals surface area (Å²) < 4.78 is 0. The molecule has 1 aliphatic rings. The Morgan fingerprint density at radius 2 is 2.00 bits per heavy atom. The van der Waals surface area contributed by atoms with Crippen LogP contribution in [0.25, 0.3) is 0 Å². The highest BCUT2D eigenvalue weighted by Crippen LogP contribution is 2.15. The van der Waals surface area contributed by atoms with Gasteiger partial charge in [0.05, 0.1) is 4.92 Å². The first kappa shape index (κ1) is 12.7. The van der Waals surface area contributed by atoms with E-state index in [2.05, 4.69) is 15.8 Å². The maximum absolute atomic E-state index is 11.8. The Labute approximate surface area is 107 Å². The number of rotatable bonds is 3. The van der Waals surface area contributed by atoms with Gasteiger partial charge in [0, 0.05) is 30.7 Å². The highest BCUT2D eigenvalue weighted by Gasteiger charge is 2.18. The van der Waals surface area contributed by atoms with Gasteiger partial charge in [-0.05, 0) is 12.1 Å². The lowest BCUT2D eigenvalue weighted by molar-refractivity contribution is -0.384. The lowest BCUT2D eigenvalue weighted by Gasteiger charge is -2.11. The van der Waals surface area contributed by atoms with Gasteiger partial charge in [0.25, 0.3) is 11.6 Å². The first-order chi connectivity index (χ1) is 9.06. The molecule has 0 aliphatic carbocycles. The van der Waals surface area contributed by atoms with Crippen molar-refractivity contribution in [3.63, 3.8) is 0 Å². The SMILES string of the molecule is O=C1CCC(C(=O)Nc2ccc([N+](=O)[O-])cc2)=NN1. The maximum atomic E-state index is 11.8. The fraction of sp³-hybridized carbons (Fsp3) is 0.182. The summed E-state index contributed by atoms with van der Waals surface area (Å²) >= 11 is 0. The molecule has 1 aromatic carbocycles. The van der Waals surface area contributed by atoms with Gasteiger partial charge in [0.1, 0.15) is 5.71 Å². The van der Waals surface area contributed by atoms with Crippen molar-refractivity contribution in [1.29, 1.82) is 0 Å². The second-order valence-electron chi connectivity index (χ2n) is 3.85. The molecule has 1 aromatic rings. The number of non-ortho nitro benzene ring substituents is 1. The van der Waals surface area contributed by atoms with Crippen LogP contribution in [0.2, 0.25) is 0 Å². The smallest absolute Gasteiger partial charge is 0.271 e. The van der Waals surface area contributed by atoms with Crippen molar-refractivity contribution in [3.05, 3.63) is 34.4 Å². The first-order valence-electron chi connectivity index (χ1n) is 5.47. The molecule has 8 heteroatoms. The Morgan fingerprint density at radius 3 is 2.53 bits per heavy atom. The highest BCUT2D eigenvalue weighted by atomic mass is 16.6. The predicted molar refractivity (Wildman–Crippen MR) is 66.5 cm³/mol. The Hall–Kier alpha value is -2.77. The molecule has 0 saturated heterocycles. The van der Waals surface area contributed by atoms with Crippen LogP contribution >= 0.6 is 0 Å². The second kappa shape index (κ2) is 5.25. The summed E-state index contributed by atoms with van der Waals surface area (Å²) in [7, 11) is 0. The molecule has 2 N–H and O–H groups in total. The summed E-state index contributed by atoms with van der Waals surface area (Å²) in [6.07, 6.45) is 0.483. The van der Waals surface area contributed by atoms with E-state index in [1.54, 1.807) is 0 Å². The molecule has 8 nitrogen and oxygen atoms in total. The van der Waals surface area contributed by atoms with Crippen molar-refractivity contribution in [2.75, 3.05) is 5.32 Å².